The largest absolute Gasteiger partial charge is 0.302 e. The van der Waals surface area contributed by atoms with Gasteiger partial charge in [0.1, 0.15) is 0 Å². The van der Waals surface area contributed by atoms with E-state index in [1.807, 2.05) is 14.1 Å². The fourth-order valence-corrected chi connectivity index (χ4v) is 2.64. The molecule has 84 valence electrons. The molecule has 1 N–H and O–H groups in total. The molecule has 6 heteroatoms. The number of likely N-dealkylation sites (N-methyl/N-ethyl adjacent to an activating group) is 1. The molecule has 0 spiro atoms. The van der Waals surface area contributed by atoms with E-state index in [4.69, 9.17) is 10.7 Å². The van der Waals surface area contributed by atoms with Crippen LogP contribution in [0.25, 0.3) is 0 Å². The molecule has 1 rings (SSSR count). The molecule has 0 amide bonds. The van der Waals surface area contributed by atoms with Gasteiger partial charge in [0.25, 0.3) is 9.24 Å². The molecule has 0 saturated heterocycles. The number of halogens is 1. The summed E-state index contributed by atoms with van der Waals surface area (Å²) in [5.41, 5.74) is -0.0397. The van der Waals surface area contributed by atoms with Gasteiger partial charge in [-0.3, -0.25) is 0 Å². The van der Waals surface area contributed by atoms with Crippen molar-refractivity contribution < 1.29 is 8.42 Å². The Labute approximate surface area is 90.2 Å². The van der Waals surface area contributed by atoms with Gasteiger partial charge >= 0.3 is 0 Å². The maximum absolute atomic E-state index is 10.8. The quantitative estimate of drug-likeness (QED) is 0.744. The summed E-state index contributed by atoms with van der Waals surface area (Å²) in [7, 11) is 5.49. The minimum absolute atomic E-state index is 0.0397. The summed E-state index contributed by atoms with van der Waals surface area (Å²) in [5, 5.41) is 0. The highest BCUT2D eigenvalue weighted by atomic mass is 35.7. The molecule has 0 heterocycles. The third-order valence-electron chi connectivity index (χ3n) is 3.06. The minimum Gasteiger partial charge on any atom is -0.302 e. The smallest absolute Gasteiger partial charge is 0.297 e. The van der Waals surface area contributed by atoms with Crippen LogP contribution in [0.3, 0.4) is 0 Å². The first-order valence-electron chi connectivity index (χ1n) is 4.72. The first-order valence-corrected chi connectivity index (χ1v) is 7.03. The molecule has 0 aromatic rings. The monoisotopic (exact) mass is 240 g/mol. The maximum atomic E-state index is 10.8. The summed E-state index contributed by atoms with van der Waals surface area (Å²) in [6.45, 7) is 0.409. The molecule has 0 atom stereocenters. The second-order valence-electron chi connectivity index (χ2n) is 4.08. The Morgan fingerprint density at radius 1 is 1.36 bits per heavy atom. The molecule has 0 aliphatic heterocycles. The Balaban J connectivity index is 2.61. The van der Waals surface area contributed by atoms with E-state index in [0.717, 1.165) is 25.7 Å². The number of hydrogen-bond acceptors (Lipinski definition) is 3. The molecule has 1 aliphatic carbocycles. The summed E-state index contributed by atoms with van der Waals surface area (Å²) in [6.07, 6.45) is 4.36. The summed E-state index contributed by atoms with van der Waals surface area (Å²) >= 11 is 0. The Hall–Kier alpha value is 0.160. The van der Waals surface area contributed by atoms with Gasteiger partial charge < -0.3 is 4.90 Å². The number of hydrogen-bond donors (Lipinski definition) is 1. The van der Waals surface area contributed by atoms with Gasteiger partial charge in [-0.1, -0.05) is 12.8 Å². The van der Waals surface area contributed by atoms with Crippen molar-refractivity contribution in [2.24, 2.45) is 0 Å². The summed E-state index contributed by atoms with van der Waals surface area (Å²) in [4.78, 5) is 2.09. The zero-order valence-electron chi connectivity index (χ0n) is 8.59. The van der Waals surface area contributed by atoms with E-state index in [1.165, 1.54) is 0 Å². The topological polar surface area (TPSA) is 49.4 Å². The molecule has 1 fully saturated rings. The molecule has 0 bridgehead atoms. The molecule has 14 heavy (non-hydrogen) atoms. The number of nitrogens with one attached hydrogen (secondary N) is 1. The van der Waals surface area contributed by atoms with Crippen LogP contribution in [0.1, 0.15) is 25.7 Å². The molecule has 1 aliphatic rings. The van der Waals surface area contributed by atoms with Gasteiger partial charge in [0.2, 0.25) is 0 Å². The molecule has 1 saturated carbocycles. The summed E-state index contributed by atoms with van der Waals surface area (Å²) < 4.78 is 24.0. The van der Waals surface area contributed by atoms with Gasteiger partial charge in [-0.2, -0.15) is 8.42 Å². The Morgan fingerprint density at radius 2 is 1.86 bits per heavy atom. The first-order chi connectivity index (χ1) is 6.36. The van der Waals surface area contributed by atoms with Crippen LogP contribution in [0.2, 0.25) is 0 Å². The lowest BCUT2D eigenvalue weighted by atomic mass is 9.97. The fraction of sp³-hybridized carbons (Fsp3) is 1.00. The van der Waals surface area contributed by atoms with Crippen molar-refractivity contribution in [3.05, 3.63) is 0 Å². The van der Waals surface area contributed by atoms with Crippen LogP contribution in [-0.2, 0) is 9.24 Å². The molecule has 0 aromatic carbocycles. The lowest BCUT2D eigenvalue weighted by Crippen LogP contribution is -2.50. The van der Waals surface area contributed by atoms with Crippen molar-refractivity contribution in [3.8, 4) is 0 Å². The summed E-state index contributed by atoms with van der Waals surface area (Å²) in [6, 6.07) is 0. The predicted octanol–water partition coefficient (Wildman–Crippen LogP) is 0.934. The van der Waals surface area contributed by atoms with Crippen molar-refractivity contribution in [3.63, 3.8) is 0 Å². The van der Waals surface area contributed by atoms with Crippen molar-refractivity contribution in [2.45, 2.75) is 31.2 Å². The Kier molecular flexibility index (Phi) is 3.80. The van der Waals surface area contributed by atoms with Crippen LogP contribution in [-0.4, -0.2) is 39.5 Å². The predicted molar refractivity (Wildman–Crippen MR) is 57.7 cm³/mol. The second-order valence-corrected chi connectivity index (χ2v) is 6.47. The van der Waals surface area contributed by atoms with Crippen molar-refractivity contribution in [2.75, 3.05) is 20.6 Å². The van der Waals surface area contributed by atoms with E-state index in [1.54, 1.807) is 0 Å². The highest BCUT2D eigenvalue weighted by molar-refractivity contribution is 8.12. The van der Waals surface area contributed by atoms with E-state index < -0.39 is 9.24 Å². The van der Waals surface area contributed by atoms with Crippen LogP contribution in [0.5, 0.6) is 0 Å². The van der Waals surface area contributed by atoms with Crippen molar-refractivity contribution in [1.82, 2.24) is 9.62 Å². The standard InChI is InChI=1S/C8H17ClN2O2S/c1-11(2)8(5-3-4-6-8)7-10-14(9,12)13/h10H,3-7H2,1-2H3. The van der Waals surface area contributed by atoms with Crippen molar-refractivity contribution in [1.29, 1.82) is 0 Å². The second kappa shape index (κ2) is 4.35. The third kappa shape index (κ3) is 3.08. The minimum atomic E-state index is -3.59. The molecule has 4 nitrogen and oxygen atoms in total. The van der Waals surface area contributed by atoms with E-state index in [0.29, 0.717) is 6.54 Å². The summed E-state index contributed by atoms with van der Waals surface area (Å²) in [5.74, 6) is 0. The lowest BCUT2D eigenvalue weighted by Gasteiger charge is -2.36. The third-order valence-corrected chi connectivity index (χ3v) is 3.87. The van der Waals surface area contributed by atoms with E-state index in [2.05, 4.69) is 9.62 Å². The van der Waals surface area contributed by atoms with Gasteiger partial charge in [-0.25, -0.2) is 4.72 Å². The fourth-order valence-electron chi connectivity index (χ4n) is 2.04. The molecule has 0 radical (unpaired) electrons. The zero-order chi connectivity index (χ0) is 10.8. The van der Waals surface area contributed by atoms with Gasteiger partial charge in [0.15, 0.2) is 0 Å². The van der Waals surface area contributed by atoms with Gasteiger partial charge in [0.05, 0.1) is 0 Å². The maximum Gasteiger partial charge on any atom is 0.297 e. The molecular weight excluding hydrogens is 224 g/mol. The Morgan fingerprint density at radius 3 is 2.21 bits per heavy atom. The van der Waals surface area contributed by atoms with E-state index in [9.17, 15) is 8.42 Å². The average molecular weight is 241 g/mol. The molecule has 0 aromatic heterocycles. The number of nitrogens with zero attached hydrogens (tertiary/aromatic N) is 1. The SMILES string of the molecule is CN(C)C1(CNS(=O)(=O)Cl)CCCC1. The van der Waals surface area contributed by atoms with Crippen LogP contribution >= 0.6 is 10.7 Å². The van der Waals surface area contributed by atoms with Crippen LogP contribution in [0, 0.1) is 0 Å². The van der Waals surface area contributed by atoms with E-state index >= 15 is 0 Å². The van der Waals surface area contributed by atoms with Gasteiger partial charge in [0, 0.05) is 22.8 Å². The van der Waals surface area contributed by atoms with Gasteiger partial charge in [-0.15, -0.1) is 0 Å². The molecule has 0 unspecified atom stereocenters. The van der Waals surface area contributed by atoms with Crippen LogP contribution in [0.4, 0.5) is 0 Å². The number of rotatable bonds is 4. The van der Waals surface area contributed by atoms with Crippen molar-refractivity contribution >= 4 is 19.9 Å². The normalized spacial score (nSPS) is 21.7. The highest BCUT2D eigenvalue weighted by Crippen LogP contribution is 2.33. The van der Waals surface area contributed by atoms with Crippen LogP contribution < -0.4 is 4.72 Å². The van der Waals surface area contributed by atoms with Crippen LogP contribution in [0.15, 0.2) is 0 Å². The average Bonchev–Trinajstić information content (AvgIpc) is 2.48. The first kappa shape index (κ1) is 12.2. The van der Waals surface area contributed by atoms with Gasteiger partial charge in [-0.05, 0) is 26.9 Å². The highest BCUT2D eigenvalue weighted by Gasteiger charge is 2.36. The van der Waals surface area contributed by atoms with E-state index in [-0.39, 0.29) is 5.54 Å². The lowest BCUT2D eigenvalue weighted by molar-refractivity contribution is 0.162. The Bertz CT molecular complexity index is 284. The zero-order valence-corrected chi connectivity index (χ0v) is 10.2. The molecular formula is C8H17ClN2O2S.